The third-order valence-corrected chi connectivity index (χ3v) is 7.82. The molecule has 0 saturated carbocycles. The van der Waals surface area contributed by atoms with Crippen molar-refractivity contribution in [3.8, 4) is 0 Å². The quantitative estimate of drug-likeness (QED) is 0.126. The van der Waals surface area contributed by atoms with E-state index in [0.717, 1.165) is 48.0 Å². The second-order valence-electron chi connectivity index (χ2n) is 9.82. The summed E-state index contributed by atoms with van der Waals surface area (Å²) in [6, 6.07) is 19.0. The van der Waals surface area contributed by atoms with Crippen LogP contribution in [0.25, 0.3) is 10.9 Å². The SMILES string of the molecule is O=C(Nc1cccc(NC(=C[N+](=O)[O-])NCCN2CCCCC2)c1)c1sccc1NCc1ccnc2ccccc12. The summed E-state index contributed by atoms with van der Waals surface area (Å²) in [6.07, 6.45) is 6.37. The Morgan fingerprint density at radius 2 is 1.83 bits per heavy atom. The van der Waals surface area contributed by atoms with Crippen LogP contribution in [0.4, 0.5) is 17.1 Å². The van der Waals surface area contributed by atoms with Crippen LogP contribution in [-0.2, 0) is 6.54 Å². The van der Waals surface area contributed by atoms with Gasteiger partial charge >= 0.3 is 0 Å². The Kier molecular flexibility index (Phi) is 9.40. The van der Waals surface area contributed by atoms with Crippen molar-refractivity contribution in [2.24, 2.45) is 0 Å². The van der Waals surface area contributed by atoms with Crippen LogP contribution in [-0.4, -0.2) is 46.9 Å². The van der Waals surface area contributed by atoms with E-state index in [2.05, 4.69) is 31.2 Å². The smallest absolute Gasteiger partial charge is 0.274 e. The summed E-state index contributed by atoms with van der Waals surface area (Å²) in [5.74, 6) is 0.0591. The molecule has 1 saturated heterocycles. The molecule has 10 nitrogen and oxygen atoms in total. The maximum atomic E-state index is 13.2. The minimum Gasteiger partial charge on any atom is -0.380 e. The molecule has 1 fully saturated rings. The number of nitro groups is 1. The van der Waals surface area contributed by atoms with Gasteiger partial charge in [0.25, 0.3) is 12.1 Å². The van der Waals surface area contributed by atoms with Gasteiger partial charge in [-0.05, 0) is 73.3 Å². The molecule has 3 heterocycles. The molecule has 0 aliphatic carbocycles. The highest BCUT2D eigenvalue weighted by Gasteiger charge is 2.15. The van der Waals surface area contributed by atoms with Crippen molar-refractivity contribution in [1.29, 1.82) is 0 Å². The van der Waals surface area contributed by atoms with Gasteiger partial charge in [-0.1, -0.05) is 30.7 Å². The van der Waals surface area contributed by atoms with E-state index in [1.165, 1.54) is 30.6 Å². The molecule has 0 bridgehead atoms. The second-order valence-corrected chi connectivity index (χ2v) is 10.7. The average Bonchev–Trinajstić information content (AvgIpc) is 3.45. The lowest BCUT2D eigenvalue weighted by Gasteiger charge is -2.26. The molecule has 0 atom stereocenters. The van der Waals surface area contributed by atoms with E-state index in [0.29, 0.717) is 35.2 Å². The van der Waals surface area contributed by atoms with E-state index in [4.69, 9.17) is 0 Å². The number of benzene rings is 2. The first-order valence-corrected chi connectivity index (χ1v) is 14.6. The van der Waals surface area contributed by atoms with E-state index in [-0.39, 0.29) is 5.91 Å². The Labute approximate surface area is 242 Å². The first-order chi connectivity index (χ1) is 20.0. The number of hydrogen-bond acceptors (Lipinski definition) is 9. The van der Waals surface area contributed by atoms with Crippen LogP contribution in [0, 0.1) is 10.1 Å². The molecule has 0 unspecified atom stereocenters. The molecular weight excluding hydrogens is 538 g/mol. The van der Waals surface area contributed by atoms with Gasteiger partial charge in [-0.15, -0.1) is 11.3 Å². The predicted octanol–water partition coefficient (Wildman–Crippen LogP) is 5.72. The number of piperidine rings is 1. The number of para-hydroxylation sites is 1. The van der Waals surface area contributed by atoms with Crippen LogP contribution < -0.4 is 21.3 Å². The van der Waals surface area contributed by atoms with E-state index in [1.54, 1.807) is 30.5 Å². The average molecular weight is 572 g/mol. The summed E-state index contributed by atoms with van der Waals surface area (Å²) >= 11 is 1.36. The highest BCUT2D eigenvalue weighted by atomic mass is 32.1. The van der Waals surface area contributed by atoms with Crippen LogP contribution in [0.1, 0.15) is 34.5 Å². The molecule has 11 heteroatoms. The maximum Gasteiger partial charge on any atom is 0.274 e. The number of carbonyl (C=O) groups is 1. The molecule has 1 aliphatic heterocycles. The lowest BCUT2D eigenvalue weighted by Crippen LogP contribution is -2.36. The van der Waals surface area contributed by atoms with Gasteiger partial charge < -0.3 is 26.2 Å². The minimum absolute atomic E-state index is 0.236. The molecule has 2 aromatic heterocycles. The van der Waals surface area contributed by atoms with E-state index in [1.807, 2.05) is 41.8 Å². The summed E-state index contributed by atoms with van der Waals surface area (Å²) in [4.78, 5) is 31.3. The van der Waals surface area contributed by atoms with Crippen LogP contribution in [0.15, 0.2) is 84.3 Å². The Morgan fingerprint density at radius 1 is 1.02 bits per heavy atom. The normalized spacial score (nSPS) is 14.0. The van der Waals surface area contributed by atoms with Crippen molar-refractivity contribution >= 4 is 45.2 Å². The van der Waals surface area contributed by atoms with E-state index >= 15 is 0 Å². The number of likely N-dealkylation sites (tertiary alicyclic amines) is 1. The molecule has 2 aromatic carbocycles. The van der Waals surface area contributed by atoms with E-state index < -0.39 is 4.92 Å². The number of hydrogen-bond donors (Lipinski definition) is 4. The third kappa shape index (κ3) is 7.80. The lowest BCUT2D eigenvalue weighted by molar-refractivity contribution is -0.403. The van der Waals surface area contributed by atoms with Gasteiger partial charge in [-0.2, -0.15) is 0 Å². The molecule has 4 N–H and O–H groups in total. The van der Waals surface area contributed by atoms with Gasteiger partial charge in [0.2, 0.25) is 0 Å². The highest BCUT2D eigenvalue weighted by Crippen LogP contribution is 2.26. The lowest BCUT2D eigenvalue weighted by atomic mass is 10.1. The molecule has 4 aromatic rings. The van der Waals surface area contributed by atoms with Gasteiger partial charge in [0.1, 0.15) is 4.88 Å². The Hall–Kier alpha value is -4.48. The molecule has 212 valence electrons. The highest BCUT2D eigenvalue weighted by molar-refractivity contribution is 7.12. The van der Waals surface area contributed by atoms with Crippen molar-refractivity contribution in [2.45, 2.75) is 25.8 Å². The predicted molar refractivity (Wildman–Crippen MR) is 165 cm³/mol. The van der Waals surface area contributed by atoms with Gasteiger partial charge in [-0.3, -0.25) is 19.9 Å². The molecular formula is C30H33N7O3S. The number of pyridine rings is 1. The van der Waals surface area contributed by atoms with Crippen LogP contribution >= 0.6 is 11.3 Å². The number of fused-ring (bicyclic) bond motifs is 1. The zero-order valence-electron chi connectivity index (χ0n) is 22.6. The molecule has 1 amide bonds. The molecule has 5 rings (SSSR count). The number of carbonyl (C=O) groups excluding carboxylic acids is 1. The Balaban J connectivity index is 1.20. The number of nitrogens with zero attached hydrogens (tertiary/aromatic N) is 3. The number of nitrogens with one attached hydrogen (secondary N) is 4. The van der Waals surface area contributed by atoms with Crippen LogP contribution in [0.3, 0.4) is 0 Å². The van der Waals surface area contributed by atoms with Crippen molar-refractivity contribution in [3.05, 3.63) is 105 Å². The van der Waals surface area contributed by atoms with Gasteiger partial charge in [0, 0.05) is 42.6 Å². The largest absolute Gasteiger partial charge is 0.380 e. The molecule has 1 aliphatic rings. The van der Waals surface area contributed by atoms with Gasteiger partial charge in [0.15, 0.2) is 5.82 Å². The zero-order valence-corrected chi connectivity index (χ0v) is 23.5. The molecule has 0 radical (unpaired) electrons. The summed E-state index contributed by atoms with van der Waals surface area (Å²) in [6.45, 7) is 4.09. The van der Waals surface area contributed by atoms with Crippen LogP contribution in [0.2, 0.25) is 0 Å². The summed E-state index contributed by atoms with van der Waals surface area (Å²) < 4.78 is 0. The van der Waals surface area contributed by atoms with Crippen molar-refractivity contribution in [1.82, 2.24) is 15.2 Å². The summed E-state index contributed by atoms with van der Waals surface area (Å²) in [5.41, 5.74) is 3.97. The topological polar surface area (TPSA) is 124 Å². The monoisotopic (exact) mass is 571 g/mol. The zero-order chi connectivity index (χ0) is 28.4. The first-order valence-electron chi connectivity index (χ1n) is 13.7. The van der Waals surface area contributed by atoms with Crippen molar-refractivity contribution in [2.75, 3.05) is 42.1 Å². The fraction of sp³-hybridized carbons (Fsp3) is 0.267. The number of thiophene rings is 1. The number of rotatable bonds is 12. The maximum absolute atomic E-state index is 13.2. The van der Waals surface area contributed by atoms with E-state index in [9.17, 15) is 14.9 Å². The molecule has 0 spiro atoms. The van der Waals surface area contributed by atoms with Gasteiger partial charge in [-0.25, -0.2) is 0 Å². The number of amides is 1. The summed E-state index contributed by atoms with van der Waals surface area (Å²) in [7, 11) is 0. The van der Waals surface area contributed by atoms with Crippen molar-refractivity contribution < 1.29 is 9.72 Å². The Bertz CT molecular complexity index is 1530. The number of aromatic nitrogens is 1. The fourth-order valence-electron chi connectivity index (χ4n) is 4.90. The van der Waals surface area contributed by atoms with Gasteiger partial charge in [0.05, 0.1) is 16.1 Å². The standard InChI is InChI=1S/C30H33N7O3S/c38-30(29-27(12-18-41-29)33-20-22-11-13-31-26-10-3-2-9-25(22)26)35-24-8-6-7-23(19-24)34-28(21-37(39)40)32-14-17-36-15-4-1-5-16-36/h2-3,6-13,18-19,21,32-34H,1,4-5,14-17,20H2,(H,35,38). The van der Waals surface area contributed by atoms with Crippen LogP contribution in [0.5, 0.6) is 0 Å². The third-order valence-electron chi connectivity index (χ3n) is 6.91. The Morgan fingerprint density at radius 3 is 2.66 bits per heavy atom. The minimum atomic E-state index is -0.484. The molecule has 41 heavy (non-hydrogen) atoms. The second kappa shape index (κ2) is 13.7. The summed E-state index contributed by atoms with van der Waals surface area (Å²) in [5, 5.41) is 26.7. The first kappa shape index (κ1) is 28.1. The number of anilines is 3. The van der Waals surface area contributed by atoms with Crippen molar-refractivity contribution in [3.63, 3.8) is 0 Å². The fourth-order valence-corrected chi connectivity index (χ4v) is 5.67.